The zero-order valence-electron chi connectivity index (χ0n) is 23.2. The van der Waals surface area contributed by atoms with E-state index in [9.17, 15) is 14.7 Å². The maximum atomic E-state index is 13.1. The lowest BCUT2D eigenvalue weighted by Gasteiger charge is -2.25. The van der Waals surface area contributed by atoms with Crippen molar-refractivity contribution in [3.8, 4) is 17.0 Å². The first-order valence-electron chi connectivity index (χ1n) is 13.3. The maximum Gasteiger partial charge on any atom is 0.330 e. The van der Waals surface area contributed by atoms with E-state index in [4.69, 9.17) is 21.1 Å². The van der Waals surface area contributed by atoms with E-state index in [0.717, 1.165) is 24.0 Å². The summed E-state index contributed by atoms with van der Waals surface area (Å²) in [5.41, 5.74) is 3.11. The van der Waals surface area contributed by atoms with Gasteiger partial charge >= 0.3 is 5.97 Å². The number of aliphatic carboxylic acids is 1. The fourth-order valence-electron chi connectivity index (χ4n) is 4.46. The Morgan fingerprint density at radius 2 is 2.08 bits per heavy atom. The van der Waals surface area contributed by atoms with Crippen molar-refractivity contribution >= 4 is 62.5 Å². The van der Waals surface area contributed by atoms with Crippen molar-refractivity contribution in [3.63, 3.8) is 0 Å². The summed E-state index contributed by atoms with van der Waals surface area (Å²) in [6.07, 6.45) is 9.54. The zero-order chi connectivity index (χ0) is 29.2. The highest BCUT2D eigenvalue weighted by Crippen LogP contribution is 2.39. The number of allylic oxidation sites excluding steroid dienone is 3. The molecule has 1 amide bonds. The molecule has 3 atom stereocenters. The fourth-order valence-corrected chi connectivity index (χ4v) is 6.31. The Kier molecular flexibility index (Phi) is 12.7. The minimum atomic E-state index is -0.990. The fraction of sp³-hybridized carbons (Fsp3) is 0.433. The second kappa shape index (κ2) is 15.7. The van der Waals surface area contributed by atoms with Gasteiger partial charge in [-0.3, -0.25) is 10.1 Å². The standard InChI is InChI=1S/C30H36ClIN2O5S/c1-5-6-7-8-12-39-19(3)22-10-9-11-23(27(22)38-4)26-17-40-30(33-26)34-28(35)20-14-21(16-32)24(25(31)15-20)13-18(2)29(36)37/h9-11,13-15,17,19,21,24H,5-8,12,16H2,1-4H3,(H,36,37)(H,33,34,35)/b18-13+/t19-,21?,24?/m0/s1. The summed E-state index contributed by atoms with van der Waals surface area (Å²) in [5, 5.41) is 14.9. The molecule has 0 aliphatic heterocycles. The van der Waals surface area contributed by atoms with Gasteiger partial charge in [-0.05, 0) is 38.3 Å². The van der Waals surface area contributed by atoms with E-state index in [1.165, 1.54) is 31.1 Å². The highest BCUT2D eigenvalue weighted by atomic mass is 127. The number of anilines is 1. The van der Waals surface area contributed by atoms with Crippen molar-refractivity contribution < 1.29 is 24.2 Å². The molecule has 1 aromatic heterocycles. The molecule has 10 heteroatoms. The van der Waals surface area contributed by atoms with Crippen molar-refractivity contribution in [3.05, 3.63) is 63.5 Å². The molecular formula is C30H36ClIN2O5S. The zero-order valence-corrected chi connectivity index (χ0v) is 26.9. The number of amides is 1. The van der Waals surface area contributed by atoms with Crippen molar-refractivity contribution in [1.29, 1.82) is 0 Å². The number of rotatable bonds is 14. The number of nitrogens with zero attached hydrogens (tertiary/aromatic N) is 1. The van der Waals surface area contributed by atoms with Crippen LogP contribution < -0.4 is 10.1 Å². The molecule has 40 heavy (non-hydrogen) atoms. The van der Waals surface area contributed by atoms with Crippen LogP contribution >= 0.6 is 45.5 Å². The molecule has 2 N–H and O–H groups in total. The second-order valence-electron chi connectivity index (χ2n) is 9.64. The molecule has 0 spiro atoms. The Morgan fingerprint density at radius 3 is 2.75 bits per heavy atom. The monoisotopic (exact) mass is 698 g/mol. The number of nitrogens with one attached hydrogen (secondary N) is 1. The van der Waals surface area contributed by atoms with Gasteiger partial charge in [-0.2, -0.15) is 0 Å². The van der Waals surface area contributed by atoms with E-state index in [0.29, 0.717) is 38.2 Å². The summed E-state index contributed by atoms with van der Waals surface area (Å²) in [4.78, 5) is 29.1. The largest absolute Gasteiger partial charge is 0.496 e. The van der Waals surface area contributed by atoms with Crippen molar-refractivity contribution in [2.45, 2.75) is 52.6 Å². The normalized spacial score (nSPS) is 18.1. The number of aromatic nitrogens is 1. The first-order chi connectivity index (χ1) is 19.2. The van der Waals surface area contributed by atoms with Crippen molar-refractivity contribution in [1.82, 2.24) is 4.98 Å². The Labute approximate surface area is 258 Å². The molecule has 0 radical (unpaired) electrons. The summed E-state index contributed by atoms with van der Waals surface area (Å²) in [7, 11) is 1.64. The highest BCUT2D eigenvalue weighted by molar-refractivity contribution is 14.1. The maximum absolute atomic E-state index is 13.1. The third-order valence-corrected chi connectivity index (χ3v) is 8.86. The summed E-state index contributed by atoms with van der Waals surface area (Å²) < 4.78 is 12.6. The van der Waals surface area contributed by atoms with E-state index in [1.807, 2.05) is 36.6 Å². The van der Waals surface area contributed by atoms with Gasteiger partial charge in [0.25, 0.3) is 5.91 Å². The summed E-state index contributed by atoms with van der Waals surface area (Å²) in [5.74, 6) is -1.01. The van der Waals surface area contributed by atoms with Crippen LogP contribution in [-0.2, 0) is 14.3 Å². The van der Waals surface area contributed by atoms with Crippen LogP contribution in [0.2, 0.25) is 0 Å². The first kappa shape index (κ1) is 32.3. The van der Waals surface area contributed by atoms with Crippen molar-refractivity contribution in [2.75, 3.05) is 23.5 Å². The van der Waals surface area contributed by atoms with Crippen LogP contribution in [-0.4, -0.2) is 40.1 Å². The molecular weight excluding hydrogens is 663 g/mol. The number of benzene rings is 1. The van der Waals surface area contributed by atoms with E-state index in [1.54, 1.807) is 19.3 Å². The lowest BCUT2D eigenvalue weighted by molar-refractivity contribution is -0.132. The molecule has 1 aliphatic rings. The quantitative estimate of drug-likeness (QED) is 0.0894. The molecule has 2 aromatic rings. The average Bonchev–Trinajstić information content (AvgIpc) is 3.41. The number of carbonyl (C=O) groups is 2. The lowest BCUT2D eigenvalue weighted by Crippen LogP contribution is -2.22. The SMILES string of the molecule is CCCCCCO[C@@H](C)c1cccc(-c2csc(NC(=O)C3=CC(CI)C(/C=C(\C)C(=O)O)C(Cl)=C3)n2)c1OC. The van der Waals surface area contributed by atoms with Gasteiger partial charge in [0, 0.05) is 49.6 Å². The molecule has 0 fully saturated rings. The minimum absolute atomic E-state index is 0.108. The van der Waals surface area contributed by atoms with Gasteiger partial charge in [0.2, 0.25) is 0 Å². The molecule has 0 saturated heterocycles. The van der Waals surface area contributed by atoms with Gasteiger partial charge < -0.3 is 14.6 Å². The summed E-state index contributed by atoms with van der Waals surface area (Å²) in [6.45, 7) is 6.45. The average molecular weight is 699 g/mol. The summed E-state index contributed by atoms with van der Waals surface area (Å²) >= 11 is 10.1. The molecule has 0 bridgehead atoms. The number of alkyl halides is 1. The third-order valence-electron chi connectivity index (χ3n) is 6.73. The Bertz CT molecular complexity index is 1290. The number of thiazole rings is 1. The van der Waals surface area contributed by atoms with Crippen LogP contribution in [0.4, 0.5) is 5.13 Å². The first-order valence-corrected chi connectivity index (χ1v) is 16.1. The van der Waals surface area contributed by atoms with Crippen LogP contribution in [0.15, 0.2) is 58.0 Å². The number of hydrogen-bond donors (Lipinski definition) is 2. The van der Waals surface area contributed by atoms with E-state index in [2.05, 4.69) is 39.8 Å². The Morgan fingerprint density at radius 1 is 1.30 bits per heavy atom. The van der Waals surface area contributed by atoms with Crippen LogP contribution in [0.3, 0.4) is 0 Å². The second-order valence-corrected chi connectivity index (χ2v) is 11.8. The molecule has 7 nitrogen and oxygen atoms in total. The predicted molar refractivity (Wildman–Crippen MR) is 171 cm³/mol. The molecule has 1 heterocycles. The topological polar surface area (TPSA) is 97.8 Å². The van der Waals surface area contributed by atoms with E-state index < -0.39 is 5.97 Å². The molecule has 3 rings (SSSR count). The number of carboxylic acids is 1. The Balaban J connectivity index is 1.75. The minimum Gasteiger partial charge on any atom is -0.496 e. The number of hydrogen-bond acceptors (Lipinski definition) is 6. The van der Waals surface area contributed by atoms with E-state index >= 15 is 0 Å². The molecule has 216 valence electrons. The number of para-hydroxylation sites is 1. The summed E-state index contributed by atoms with van der Waals surface area (Å²) in [6, 6.07) is 5.91. The van der Waals surface area contributed by atoms with Gasteiger partial charge in [-0.1, -0.05) is 84.7 Å². The van der Waals surface area contributed by atoms with Crippen LogP contribution in [0.5, 0.6) is 5.75 Å². The number of ether oxygens (including phenoxy) is 2. The number of halogens is 2. The lowest BCUT2D eigenvalue weighted by atomic mass is 9.85. The number of carboxylic acid groups (broad SMARTS) is 1. The van der Waals surface area contributed by atoms with Gasteiger partial charge in [0.05, 0.1) is 18.9 Å². The van der Waals surface area contributed by atoms with E-state index in [-0.39, 0.29) is 29.4 Å². The van der Waals surface area contributed by atoms with Gasteiger partial charge in [-0.25, -0.2) is 9.78 Å². The van der Waals surface area contributed by atoms with Gasteiger partial charge in [0.15, 0.2) is 5.13 Å². The molecule has 1 aromatic carbocycles. The van der Waals surface area contributed by atoms with Gasteiger partial charge in [-0.15, -0.1) is 11.3 Å². The third kappa shape index (κ3) is 8.41. The molecule has 2 unspecified atom stereocenters. The van der Waals surface area contributed by atoms with Crippen LogP contribution in [0.25, 0.3) is 11.3 Å². The Hall–Kier alpha value is -2.21. The highest BCUT2D eigenvalue weighted by Gasteiger charge is 2.28. The molecule has 1 aliphatic carbocycles. The molecule has 0 saturated carbocycles. The number of methoxy groups -OCH3 is 1. The number of unbranched alkanes of at least 4 members (excludes halogenated alkanes) is 3. The van der Waals surface area contributed by atoms with Gasteiger partial charge in [0.1, 0.15) is 5.75 Å². The number of carbonyl (C=O) groups excluding carboxylic acids is 1. The van der Waals surface area contributed by atoms with Crippen molar-refractivity contribution in [2.24, 2.45) is 11.8 Å². The van der Waals surface area contributed by atoms with Crippen LogP contribution in [0, 0.1) is 11.8 Å². The van der Waals surface area contributed by atoms with Crippen LogP contribution in [0.1, 0.15) is 58.1 Å². The smallest absolute Gasteiger partial charge is 0.330 e. The predicted octanol–water partition coefficient (Wildman–Crippen LogP) is 8.18.